The first kappa shape index (κ1) is 28.8. The number of rotatable bonds is 11. The molecular weight excluding hydrogens is 520 g/mol. The molecule has 0 aliphatic carbocycles. The van der Waals surface area contributed by atoms with Crippen LogP contribution in [0.5, 0.6) is 34.5 Å². The highest BCUT2D eigenvalue weighted by Gasteiger charge is 2.37. The predicted octanol–water partition coefficient (Wildman–Crippen LogP) is 3.21. The number of carbonyl (C=O) groups is 1. The monoisotopic (exact) mass is 554 g/mol. The third kappa shape index (κ3) is 5.88. The molecule has 0 bridgehead atoms. The summed E-state index contributed by atoms with van der Waals surface area (Å²) in [6.45, 7) is -0.281. The van der Waals surface area contributed by atoms with E-state index in [-0.39, 0.29) is 59.2 Å². The number of ether oxygens (including phenoxy) is 4. The number of phenols is 3. The van der Waals surface area contributed by atoms with Gasteiger partial charge in [-0.1, -0.05) is 18.2 Å². The second-order valence-electron chi connectivity index (χ2n) is 9.81. The molecular formula is C30H34O10. The van der Waals surface area contributed by atoms with E-state index in [9.17, 15) is 30.3 Å². The molecule has 10 nitrogen and oxygen atoms in total. The topological polar surface area (TPSA) is 155 Å². The number of cyclic esters (lactones) is 1. The molecule has 3 aromatic carbocycles. The summed E-state index contributed by atoms with van der Waals surface area (Å²) in [5.74, 6) is -1.66. The molecule has 1 fully saturated rings. The van der Waals surface area contributed by atoms with E-state index >= 15 is 0 Å². The van der Waals surface area contributed by atoms with Crippen LogP contribution in [0.3, 0.4) is 0 Å². The predicted molar refractivity (Wildman–Crippen MR) is 144 cm³/mol. The highest BCUT2D eigenvalue weighted by Crippen LogP contribution is 2.43. The van der Waals surface area contributed by atoms with Crippen LogP contribution in [0.25, 0.3) is 0 Å². The van der Waals surface area contributed by atoms with Gasteiger partial charge in [0.15, 0.2) is 34.5 Å². The van der Waals surface area contributed by atoms with Crippen molar-refractivity contribution in [2.45, 2.75) is 24.9 Å². The fourth-order valence-corrected chi connectivity index (χ4v) is 5.19. The van der Waals surface area contributed by atoms with Crippen LogP contribution in [0.4, 0.5) is 0 Å². The highest BCUT2D eigenvalue weighted by atomic mass is 16.5. The average molecular weight is 555 g/mol. The largest absolute Gasteiger partial charge is 0.504 e. The van der Waals surface area contributed by atoms with Crippen molar-refractivity contribution in [3.8, 4) is 34.5 Å². The Labute approximate surface area is 232 Å². The molecule has 40 heavy (non-hydrogen) atoms. The van der Waals surface area contributed by atoms with Crippen molar-refractivity contribution >= 4 is 5.97 Å². The molecule has 0 amide bonds. The van der Waals surface area contributed by atoms with E-state index in [0.717, 1.165) is 5.56 Å². The third-order valence-corrected chi connectivity index (χ3v) is 7.42. The van der Waals surface area contributed by atoms with Crippen molar-refractivity contribution in [1.29, 1.82) is 0 Å². The van der Waals surface area contributed by atoms with Crippen LogP contribution in [-0.4, -0.2) is 66.0 Å². The molecule has 0 radical (unpaired) electrons. The minimum atomic E-state index is -1.26. The molecule has 10 heteroatoms. The average Bonchev–Trinajstić information content (AvgIpc) is 3.29. The summed E-state index contributed by atoms with van der Waals surface area (Å²) in [6, 6.07) is 12.6. The van der Waals surface area contributed by atoms with Gasteiger partial charge in [0.25, 0.3) is 0 Å². The van der Waals surface area contributed by atoms with Crippen molar-refractivity contribution in [3.63, 3.8) is 0 Å². The Hall–Kier alpha value is -4.15. The van der Waals surface area contributed by atoms with Crippen molar-refractivity contribution < 1.29 is 49.3 Å². The van der Waals surface area contributed by atoms with Gasteiger partial charge in [0.1, 0.15) is 0 Å². The minimum Gasteiger partial charge on any atom is -0.504 e. The zero-order valence-corrected chi connectivity index (χ0v) is 22.5. The van der Waals surface area contributed by atoms with Crippen LogP contribution in [0, 0.1) is 11.8 Å². The molecule has 5 N–H and O–H groups in total. The molecule has 3 aromatic rings. The lowest BCUT2D eigenvalue weighted by atomic mass is 9.83. The molecule has 1 aliphatic heterocycles. The lowest BCUT2D eigenvalue weighted by Crippen LogP contribution is -2.21. The van der Waals surface area contributed by atoms with Gasteiger partial charge in [-0.3, -0.25) is 4.79 Å². The van der Waals surface area contributed by atoms with Crippen molar-refractivity contribution in [2.75, 3.05) is 34.5 Å². The minimum absolute atomic E-state index is 0.0247. The number of carbonyl (C=O) groups excluding carboxylic acids is 1. The van der Waals surface area contributed by atoms with Gasteiger partial charge >= 0.3 is 5.97 Å². The number of aliphatic hydroxyl groups excluding tert-OH is 2. The Balaban J connectivity index is 1.63. The Morgan fingerprint density at radius 1 is 0.850 bits per heavy atom. The van der Waals surface area contributed by atoms with Gasteiger partial charge in [0, 0.05) is 17.4 Å². The number of esters is 1. The standard InChI is InChI=1S/C30H34O10/c1-37-25-11-16(4-6-23(25)32)8-19-15-40-30(36)20(19)9-17-10-21(29(35)27(12-17)39-3)22(14-31)28(34)18-5-7-24(33)26(13-18)38-2/h4-7,10-13,19-20,22,28,31-35H,8-9,14-15H2,1-3H3/t19-,20-,22-,28+/m1/s1. The number of hydrogen-bond acceptors (Lipinski definition) is 10. The van der Waals surface area contributed by atoms with E-state index in [1.165, 1.54) is 39.5 Å². The lowest BCUT2D eigenvalue weighted by molar-refractivity contribution is -0.141. The quantitative estimate of drug-likeness (QED) is 0.223. The van der Waals surface area contributed by atoms with Crippen LogP contribution >= 0.6 is 0 Å². The number of hydrogen-bond donors (Lipinski definition) is 5. The van der Waals surface area contributed by atoms with E-state index in [1.807, 2.05) is 0 Å². The van der Waals surface area contributed by atoms with Crippen molar-refractivity contribution in [1.82, 2.24) is 0 Å². The maximum Gasteiger partial charge on any atom is 0.309 e. The Morgan fingerprint density at radius 3 is 2.12 bits per heavy atom. The molecule has 1 heterocycles. The smallest absolute Gasteiger partial charge is 0.309 e. The molecule has 4 rings (SSSR count). The van der Waals surface area contributed by atoms with E-state index in [0.29, 0.717) is 23.3 Å². The van der Waals surface area contributed by atoms with Crippen LogP contribution < -0.4 is 14.2 Å². The third-order valence-electron chi connectivity index (χ3n) is 7.42. The first-order valence-corrected chi connectivity index (χ1v) is 12.8. The van der Waals surface area contributed by atoms with E-state index < -0.39 is 24.5 Å². The maximum absolute atomic E-state index is 12.8. The molecule has 1 saturated heterocycles. The number of benzene rings is 3. The van der Waals surface area contributed by atoms with Gasteiger partial charge in [-0.15, -0.1) is 0 Å². The van der Waals surface area contributed by atoms with Crippen LogP contribution in [0.2, 0.25) is 0 Å². The van der Waals surface area contributed by atoms with E-state index in [1.54, 1.807) is 30.3 Å². The summed E-state index contributed by atoms with van der Waals surface area (Å²) in [7, 11) is 4.24. The molecule has 0 unspecified atom stereocenters. The first-order valence-electron chi connectivity index (χ1n) is 12.8. The molecule has 0 aromatic heterocycles. The SMILES string of the molecule is COc1cc(C[C@@H]2COC(=O)[C@@H]2Cc2cc(OC)c(O)c([C@@H](CO)[C@@H](O)c3ccc(O)c(OC)c3)c2)ccc1O. The Kier molecular flexibility index (Phi) is 8.91. The number of phenolic OH excluding ortho intramolecular Hbond substituents is 3. The first-order chi connectivity index (χ1) is 19.2. The van der Waals surface area contributed by atoms with Crippen LogP contribution in [0.15, 0.2) is 48.5 Å². The summed E-state index contributed by atoms with van der Waals surface area (Å²) in [5, 5.41) is 52.2. The van der Waals surface area contributed by atoms with Crippen LogP contribution in [0.1, 0.15) is 34.3 Å². The number of aliphatic hydroxyl groups is 2. The highest BCUT2D eigenvalue weighted by molar-refractivity contribution is 5.75. The van der Waals surface area contributed by atoms with Gasteiger partial charge in [0.05, 0.1) is 46.6 Å². The Bertz CT molecular complexity index is 1350. The number of methoxy groups -OCH3 is 3. The number of aromatic hydroxyl groups is 3. The zero-order valence-electron chi connectivity index (χ0n) is 22.5. The fourth-order valence-electron chi connectivity index (χ4n) is 5.19. The summed E-state index contributed by atoms with van der Waals surface area (Å²) in [6.07, 6.45) is -0.488. The fraction of sp³-hybridized carbons (Fsp3) is 0.367. The van der Waals surface area contributed by atoms with Crippen LogP contribution in [-0.2, 0) is 22.4 Å². The second kappa shape index (κ2) is 12.4. The summed E-state index contributed by atoms with van der Waals surface area (Å²) in [4.78, 5) is 12.8. The molecule has 214 valence electrons. The van der Waals surface area contributed by atoms with E-state index in [4.69, 9.17) is 18.9 Å². The molecule has 4 atom stereocenters. The second-order valence-corrected chi connectivity index (χ2v) is 9.81. The zero-order chi connectivity index (χ0) is 29.0. The maximum atomic E-state index is 12.8. The van der Waals surface area contributed by atoms with Crippen molar-refractivity contribution in [2.24, 2.45) is 11.8 Å². The van der Waals surface area contributed by atoms with Gasteiger partial charge in [-0.05, 0) is 59.9 Å². The van der Waals surface area contributed by atoms with Gasteiger partial charge in [-0.2, -0.15) is 0 Å². The summed E-state index contributed by atoms with van der Waals surface area (Å²) in [5.41, 5.74) is 2.12. The normalized spacial score (nSPS) is 18.2. The molecule has 0 saturated carbocycles. The van der Waals surface area contributed by atoms with Gasteiger partial charge in [0.2, 0.25) is 0 Å². The summed E-state index contributed by atoms with van der Waals surface area (Å²) < 4.78 is 21.1. The van der Waals surface area contributed by atoms with Crippen molar-refractivity contribution in [3.05, 3.63) is 70.8 Å². The molecule has 1 aliphatic rings. The van der Waals surface area contributed by atoms with Gasteiger partial charge in [-0.25, -0.2) is 0 Å². The van der Waals surface area contributed by atoms with Gasteiger partial charge < -0.3 is 44.5 Å². The lowest BCUT2D eigenvalue weighted by Gasteiger charge is -2.25. The van der Waals surface area contributed by atoms with E-state index in [2.05, 4.69) is 0 Å². The summed E-state index contributed by atoms with van der Waals surface area (Å²) >= 11 is 0. The Morgan fingerprint density at radius 2 is 1.48 bits per heavy atom. The molecule has 0 spiro atoms.